The third kappa shape index (κ3) is 5.83. The first kappa shape index (κ1) is 12.4. The van der Waals surface area contributed by atoms with Crippen molar-refractivity contribution in [3.63, 3.8) is 0 Å². The summed E-state index contributed by atoms with van der Waals surface area (Å²) in [4.78, 5) is 19.4. The van der Waals surface area contributed by atoms with Crippen LogP contribution in [0.25, 0.3) is 0 Å². The Morgan fingerprint density at radius 2 is 2.00 bits per heavy atom. The van der Waals surface area contributed by atoms with Crippen LogP contribution in [-0.2, 0) is 4.79 Å². The van der Waals surface area contributed by atoms with Crippen molar-refractivity contribution in [2.24, 2.45) is 5.73 Å². The van der Waals surface area contributed by atoms with E-state index in [9.17, 15) is 14.7 Å². The Bertz CT molecular complexity index is 138. The van der Waals surface area contributed by atoms with Crippen molar-refractivity contribution in [2.75, 3.05) is 0 Å². The Balaban J connectivity index is 0. The minimum atomic E-state index is -2.03. The number of aliphatic carboxylic acids is 1. The SMILES string of the molecule is NC(=O)N[C@@H](O)C(=O)[O-].[Na+]. The van der Waals surface area contributed by atoms with Crippen molar-refractivity contribution < 1.29 is 49.4 Å². The first-order chi connectivity index (χ1) is 4.04. The molecule has 6 nitrogen and oxygen atoms in total. The van der Waals surface area contributed by atoms with Crippen molar-refractivity contribution in [3.05, 3.63) is 0 Å². The molecule has 0 saturated heterocycles. The number of carbonyl (C=O) groups is 2. The number of hydrogen-bond donors (Lipinski definition) is 3. The van der Waals surface area contributed by atoms with Crippen LogP contribution < -0.4 is 45.7 Å². The molecule has 0 aliphatic heterocycles. The van der Waals surface area contributed by atoms with Gasteiger partial charge in [0.05, 0.1) is 5.97 Å². The molecule has 0 heterocycles. The number of nitrogens with one attached hydrogen (secondary N) is 1. The number of amides is 2. The topological polar surface area (TPSA) is 115 Å². The molecule has 0 aromatic rings. The van der Waals surface area contributed by atoms with Gasteiger partial charge in [-0.2, -0.15) is 0 Å². The van der Waals surface area contributed by atoms with E-state index in [1.807, 2.05) is 0 Å². The van der Waals surface area contributed by atoms with E-state index in [1.54, 1.807) is 0 Å². The maximum atomic E-state index is 9.77. The third-order valence-electron chi connectivity index (χ3n) is 0.502. The zero-order valence-electron chi connectivity index (χ0n) is 5.33. The number of aliphatic hydroxyl groups excluding tert-OH is 1. The number of aliphatic hydroxyl groups is 1. The summed E-state index contributed by atoms with van der Waals surface area (Å²) < 4.78 is 0. The van der Waals surface area contributed by atoms with Gasteiger partial charge >= 0.3 is 35.6 Å². The number of carboxylic acid groups (broad SMARTS) is 1. The Labute approximate surface area is 78.7 Å². The Hall–Kier alpha value is -0.300. The van der Waals surface area contributed by atoms with E-state index in [-0.39, 0.29) is 29.6 Å². The van der Waals surface area contributed by atoms with Crippen molar-refractivity contribution in [1.82, 2.24) is 5.32 Å². The average molecular weight is 156 g/mol. The van der Waals surface area contributed by atoms with E-state index in [2.05, 4.69) is 5.73 Å². The van der Waals surface area contributed by atoms with E-state index >= 15 is 0 Å². The van der Waals surface area contributed by atoms with Gasteiger partial charge in [-0.1, -0.05) is 0 Å². The van der Waals surface area contributed by atoms with Crippen LogP contribution in [0.1, 0.15) is 0 Å². The second-order valence-electron chi connectivity index (χ2n) is 1.23. The number of urea groups is 1. The summed E-state index contributed by atoms with van der Waals surface area (Å²) in [5.74, 6) is -1.80. The molecule has 0 aromatic carbocycles. The van der Waals surface area contributed by atoms with Crippen LogP contribution in [0.4, 0.5) is 4.79 Å². The molecular formula is C3H5N2NaO4. The van der Waals surface area contributed by atoms with E-state index in [1.165, 1.54) is 5.32 Å². The maximum absolute atomic E-state index is 9.77. The van der Waals surface area contributed by atoms with E-state index in [4.69, 9.17) is 5.11 Å². The van der Waals surface area contributed by atoms with Gasteiger partial charge in [-0.3, -0.25) is 0 Å². The molecule has 0 spiro atoms. The number of carbonyl (C=O) groups excluding carboxylic acids is 2. The minimum absolute atomic E-state index is 0. The molecule has 10 heavy (non-hydrogen) atoms. The summed E-state index contributed by atoms with van der Waals surface area (Å²) in [6.45, 7) is 0. The van der Waals surface area contributed by atoms with Gasteiger partial charge in [0.2, 0.25) is 0 Å². The Kier molecular flexibility index (Phi) is 6.79. The van der Waals surface area contributed by atoms with Gasteiger partial charge < -0.3 is 26.1 Å². The second-order valence-corrected chi connectivity index (χ2v) is 1.23. The van der Waals surface area contributed by atoms with Crippen LogP contribution in [0.3, 0.4) is 0 Å². The first-order valence-electron chi connectivity index (χ1n) is 1.99. The van der Waals surface area contributed by atoms with Crippen molar-refractivity contribution in [3.8, 4) is 0 Å². The van der Waals surface area contributed by atoms with Gasteiger partial charge in [0, 0.05) is 0 Å². The van der Waals surface area contributed by atoms with Gasteiger partial charge in [-0.15, -0.1) is 0 Å². The molecule has 0 aliphatic rings. The standard InChI is InChI=1S/C3H6N2O4.Na/c4-3(9)5-1(6)2(7)8;/h1,6H,(H,7,8)(H3,4,5,9);/q;+1/p-1/t1-;/m0./s1. The first-order valence-corrected chi connectivity index (χ1v) is 1.99. The Morgan fingerprint density at radius 3 is 2.10 bits per heavy atom. The zero-order chi connectivity index (χ0) is 7.44. The predicted octanol–water partition coefficient (Wildman–Crippen LogP) is -6.27. The normalized spacial score (nSPS) is 10.9. The molecule has 7 heteroatoms. The molecule has 0 radical (unpaired) electrons. The molecule has 0 unspecified atom stereocenters. The van der Waals surface area contributed by atoms with Crippen molar-refractivity contribution in [2.45, 2.75) is 6.23 Å². The second kappa shape index (κ2) is 5.48. The fraction of sp³-hybridized carbons (Fsp3) is 0.333. The minimum Gasteiger partial charge on any atom is -0.545 e. The monoisotopic (exact) mass is 156 g/mol. The molecular weight excluding hydrogens is 151 g/mol. The smallest absolute Gasteiger partial charge is 0.545 e. The zero-order valence-corrected chi connectivity index (χ0v) is 7.33. The fourth-order valence-corrected chi connectivity index (χ4v) is 0.194. The number of nitrogens with two attached hydrogens (primary N) is 1. The molecule has 0 aliphatic carbocycles. The van der Waals surface area contributed by atoms with Crippen LogP contribution in [0.15, 0.2) is 0 Å². The predicted molar refractivity (Wildman–Crippen MR) is 23.7 cm³/mol. The van der Waals surface area contributed by atoms with E-state index in [0.717, 1.165) is 0 Å². The number of primary amides is 1. The summed E-state index contributed by atoms with van der Waals surface area (Å²) in [5.41, 5.74) is 4.43. The average Bonchev–Trinajstić information content (AvgIpc) is 1.63. The molecule has 0 rings (SSSR count). The quantitative estimate of drug-likeness (QED) is 0.272. The van der Waals surface area contributed by atoms with Crippen molar-refractivity contribution >= 4 is 12.0 Å². The molecule has 52 valence electrons. The van der Waals surface area contributed by atoms with Crippen LogP contribution >= 0.6 is 0 Å². The Morgan fingerprint density at radius 1 is 1.60 bits per heavy atom. The van der Waals surface area contributed by atoms with Gasteiger partial charge in [0.25, 0.3) is 0 Å². The number of rotatable bonds is 2. The largest absolute Gasteiger partial charge is 1.00 e. The van der Waals surface area contributed by atoms with Crippen molar-refractivity contribution in [1.29, 1.82) is 0 Å². The van der Waals surface area contributed by atoms with Gasteiger partial charge in [0.15, 0.2) is 6.23 Å². The number of carboxylic acids is 1. The van der Waals surface area contributed by atoms with Gasteiger partial charge in [-0.25, -0.2) is 4.79 Å². The van der Waals surface area contributed by atoms with E-state index < -0.39 is 18.2 Å². The molecule has 4 N–H and O–H groups in total. The van der Waals surface area contributed by atoms with Gasteiger partial charge in [0.1, 0.15) is 0 Å². The van der Waals surface area contributed by atoms with E-state index in [0.29, 0.717) is 0 Å². The van der Waals surface area contributed by atoms with Crippen LogP contribution in [0.2, 0.25) is 0 Å². The van der Waals surface area contributed by atoms with Crippen LogP contribution in [-0.4, -0.2) is 23.3 Å². The summed E-state index contributed by atoms with van der Waals surface area (Å²) in [7, 11) is 0. The summed E-state index contributed by atoms with van der Waals surface area (Å²) in [6.07, 6.45) is -2.03. The molecule has 2 amide bonds. The van der Waals surface area contributed by atoms with Crippen LogP contribution in [0.5, 0.6) is 0 Å². The number of hydrogen-bond acceptors (Lipinski definition) is 4. The molecule has 0 aromatic heterocycles. The molecule has 0 fully saturated rings. The fourth-order valence-electron chi connectivity index (χ4n) is 0.194. The molecule has 0 bridgehead atoms. The summed E-state index contributed by atoms with van der Waals surface area (Å²) in [6, 6.07) is -1.12. The summed E-state index contributed by atoms with van der Waals surface area (Å²) >= 11 is 0. The third-order valence-corrected chi connectivity index (χ3v) is 0.502. The summed E-state index contributed by atoms with van der Waals surface area (Å²) in [5, 5.41) is 19.3. The van der Waals surface area contributed by atoms with Gasteiger partial charge in [-0.05, 0) is 0 Å². The maximum Gasteiger partial charge on any atom is 1.00 e. The molecule has 1 atom stereocenters. The molecule has 0 saturated carbocycles. The van der Waals surface area contributed by atoms with Crippen LogP contribution in [0, 0.1) is 0 Å².